The van der Waals surface area contributed by atoms with E-state index in [4.69, 9.17) is 25.8 Å². The molecular weight excluding hydrogens is 418 g/mol. The minimum absolute atomic E-state index is 0.0174. The maximum Gasteiger partial charge on any atom is 0.241 e. The van der Waals surface area contributed by atoms with Crippen LogP contribution in [0.1, 0.15) is 6.92 Å². The SMILES string of the molecule is CC(C(=O)Nc1ccc2c(c1)OCCO2)N1CCN(CCOc2ccc(Cl)cc2)CC1. The second-order valence-corrected chi connectivity index (χ2v) is 8.14. The van der Waals surface area contributed by atoms with Crippen LogP contribution in [0.25, 0.3) is 0 Å². The largest absolute Gasteiger partial charge is 0.492 e. The predicted octanol–water partition coefficient (Wildman–Crippen LogP) is 3.13. The van der Waals surface area contributed by atoms with Gasteiger partial charge in [-0.2, -0.15) is 0 Å². The summed E-state index contributed by atoms with van der Waals surface area (Å²) in [5.41, 5.74) is 0.721. The van der Waals surface area contributed by atoms with E-state index in [2.05, 4.69) is 15.1 Å². The number of benzene rings is 2. The van der Waals surface area contributed by atoms with Crippen molar-refractivity contribution < 1.29 is 19.0 Å². The fourth-order valence-corrected chi connectivity index (χ4v) is 3.86. The maximum atomic E-state index is 12.7. The normalized spacial score (nSPS) is 17.7. The molecule has 0 aromatic heterocycles. The van der Waals surface area contributed by atoms with Gasteiger partial charge in [-0.25, -0.2) is 0 Å². The summed E-state index contributed by atoms with van der Waals surface area (Å²) in [5, 5.41) is 3.70. The van der Waals surface area contributed by atoms with Crippen LogP contribution in [0, 0.1) is 0 Å². The lowest BCUT2D eigenvalue weighted by Crippen LogP contribution is -2.53. The Morgan fingerprint density at radius 1 is 1.06 bits per heavy atom. The van der Waals surface area contributed by atoms with Gasteiger partial charge in [0.15, 0.2) is 11.5 Å². The van der Waals surface area contributed by atoms with Crippen LogP contribution < -0.4 is 19.5 Å². The summed E-state index contributed by atoms with van der Waals surface area (Å²) < 4.78 is 16.9. The highest BCUT2D eigenvalue weighted by molar-refractivity contribution is 6.30. The molecule has 4 rings (SSSR count). The van der Waals surface area contributed by atoms with Crippen LogP contribution in [0.4, 0.5) is 5.69 Å². The summed E-state index contributed by atoms with van der Waals surface area (Å²) in [6.45, 7) is 8.01. The standard InChI is InChI=1S/C23H28ClN3O4/c1-17(23(28)25-19-4-7-21-22(16-19)31-15-14-30-21)27-10-8-26(9-11-27)12-13-29-20-5-2-18(24)3-6-20/h2-7,16-17H,8-15H2,1H3,(H,25,28). The lowest BCUT2D eigenvalue weighted by Gasteiger charge is -2.37. The molecule has 2 aliphatic heterocycles. The minimum Gasteiger partial charge on any atom is -0.492 e. The topological polar surface area (TPSA) is 63.3 Å². The second-order valence-electron chi connectivity index (χ2n) is 7.70. The summed E-state index contributed by atoms with van der Waals surface area (Å²) in [7, 11) is 0. The quantitative estimate of drug-likeness (QED) is 0.706. The third-order valence-corrected chi connectivity index (χ3v) is 5.89. The molecule has 7 nitrogen and oxygen atoms in total. The Hall–Kier alpha value is -2.48. The Bertz CT molecular complexity index is 885. The van der Waals surface area contributed by atoms with Crippen LogP contribution in [-0.4, -0.2) is 74.3 Å². The van der Waals surface area contributed by atoms with E-state index in [0.29, 0.717) is 36.3 Å². The van der Waals surface area contributed by atoms with Crippen molar-refractivity contribution in [1.29, 1.82) is 0 Å². The Balaban J connectivity index is 1.20. The van der Waals surface area contributed by atoms with E-state index in [1.54, 1.807) is 0 Å². The minimum atomic E-state index is -0.208. The van der Waals surface area contributed by atoms with Crippen LogP contribution in [-0.2, 0) is 4.79 Å². The van der Waals surface area contributed by atoms with Crippen LogP contribution in [0.3, 0.4) is 0 Å². The van der Waals surface area contributed by atoms with Gasteiger partial charge in [-0.3, -0.25) is 14.6 Å². The van der Waals surface area contributed by atoms with Gasteiger partial charge < -0.3 is 19.5 Å². The summed E-state index contributed by atoms with van der Waals surface area (Å²) in [6.07, 6.45) is 0. The molecular formula is C23H28ClN3O4. The van der Waals surface area contributed by atoms with E-state index >= 15 is 0 Å². The molecule has 0 aliphatic carbocycles. The van der Waals surface area contributed by atoms with E-state index in [1.165, 1.54) is 0 Å². The smallest absolute Gasteiger partial charge is 0.241 e. The Kier molecular flexibility index (Phi) is 7.17. The molecule has 1 amide bonds. The van der Waals surface area contributed by atoms with Gasteiger partial charge in [-0.15, -0.1) is 0 Å². The van der Waals surface area contributed by atoms with E-state index in [-0.39, 0.29) is 11.9 Å². The lowest BCUT2D eigenvalue weighted by molar-refractivity contribution is -0.121. The molecule has 0 radical (unpaired) electrons. The van der Waals surface area contributed by atoms with Crippen LogP contribution in [0.15, 0.2) is 42.5 Å². The van der Waals surface area contributed by atoms with Crippen LogP contribution >= 0.6 is 11.6 Å². The lowest BCUT2D eigenvalue weighted by atomic mass is 10.2. The van der Waals surface area contributed by atoms with Crippen molar-refractivity contribution in [3.8, 4) is 17.2 Å². The van der Waals surface area contributed by atoms with Gasteiger partial charge >= 0.3 is 0 Å². The molecule has 31 heavy (non-hydrogen) atoms. The number of hydrogen-bond donors (Lipinski definition) is 1. The van der Waals surface area contributed by atoms with Crippen LogP contribution in [0.5, 0.6) is 17.2 Å². The summed E-state index contributed by atoms with van der Waals surface area (Å²) in [5.74, 6) is 2.20. The fourth-order valence-electron chi connectivity index (χ4n) is 3.73. The number of amides is 1. The number of piperazine rings is 1. The van der Waals surface area contributed by atoms with Crippen molar-refractivity contribution in [1.82, 2.24) is 9.80 Å². The van der Waals surface area contributed by atoms with E-state index in [1.807, 2.05) is 49.4 Å². The molecule has 1 fully saturated rings. The molecule has 1 saturated heterocycles. The molecule has 2 aromatic rings. The van der Waals surface area contributed by atoms with Gasteiger partial charge in [-0.05, 0) is 43.3 Å². The van der Waals surface area contributed by atoms with Crippen LogP contribution in [0.2, 0.25) is 5.02 Å². The molecule has 1 unspecified atom stereocenters. The molecule has 2 heterocycles. The van der Waals surface area contributed by atoms with Gasteiger partial charge in [0.25, 0.3) is 0 Å². The van der Waals surface area contributed by atoms with Crippen molar-refractivity contribution in [2.75, 3.05) is 57.9 Å². The Labute approximate surface area is 187 Å². The van der Waals surface area contributed by atoms with Gasteiger partial charge in [0.05, 0.1) is 6.04 Å². The monoisotopic (exact) mass is 445 g/mol. The molecule has 0 saturated carbocycles. The molecule has 8 heteroatoms. The number of carbonyl (C=O) groups excluding carboxylic acids is 1. The second kappa shape index (κ2) is 10.2. The van der Waals surface area contributed by atoms with Gasteiger partial charge in [-0.1, -0.05) is 11.6 Å². The third kappa shape index (κ3) is 5.81. The van der Waals surface area contributed by atoms with Crippen molar-refractivity contribution in [2.24, 2.45) is 0 Å². The number of halogens is 1. The average Bonchev–Trinajstić information content (AvgIpc) is 2.80. The maximum absolute atomic E-state index is 12.7. The molecule has 2 aromatic carbocycles. The molecule has 0 bridgehead atoms. The summed E-state index contributed by atoms with van der Waals surface area (Å²) in [6, 6.07) is 12.7. The summed E-state index contributed by atoms with van der Waals surface area (Å²) in [4.78, 5) is 17.3. The van der Waals surface area contributed by atoms with E-state index in [9.17, 15) is 4.79 Å². The number of rotatable bonds is 7. The zero-order chi connectivity index (χ0) is 21.6. The van der Waals surface area contributed by atoms with Gasteiger partial charge in [0.2, 0.25) is 5.91 Å². The van der Waals surface area contributed by atoms with Crippen molar-refractivity contribution in [3.63, 3.8) is 0 Å². The first-order chi connectivity index (χ1) is 15.1. The van der Waals surface area contributed by atoms with Crippen molar-refractivity contribution >= 4 is 23.2 Å². The number of nitrogens with zero attached hydrogens (tertiary/aromatic N) is 2. The zero-order valence-electron chi connectivity index (χ0n) is 17.7. The number of hydrogen-bond acceptors (Lipinski definition) is 6. The molecule has 1 N–H and O–H groups in total. The average molecular weight is 446 g/mol. The summed E-state index contributed by atoms with van der Waals surface area (Å²) >= 11 is 5.89. The van der Waals surface area contributed by atoms with Gasteiger partial charge in [0, 0.05) is 49.5 Å². The highest BCUT2D eigenvalue weighted by atomic mass is 35.5. The molecule has 1 atom stereocenters. The molecule has 0 spiro atoms. The Morgan fingerprint density at radius 2 is 1.77 bits per heavy atom. The highest BCUT2D eigenvalue weighted by Crippen LogP contribution is 2.32. The first-order valence-electron chi connectivity index (χ1n) is 10.6. The number of anilines is 1. The van der Waals surface area contributed by atoms with E-state index in [0.717, 1.165) is 44.2 Å². The number of nitrogens with one attached hydrogen (secondary N) is 1. The van der Waals surface area contributed by atoms with Crippen molar-refractivity contribution in [3.05, 3.63) is 47.5 Å². The highest BCUT2D eigenvalue weighted by Gasteiger charge is 2.26. The molecule has 166 valence electrons. The molecule has 2 aliphatic rings. The predicted molar refractivity (Wildman–Crippen MR) is 120 cm³/mol. The number of ether oxygens (including phenoxy) is 3. The van der Waals surface area contributed by atoms with Crippen molar-refractivity contribution in [2.45, 2.75) is 13.0 Å². The Morgan fingerprint density at radius 3 is 2.52 bits per heavy atom. The zero-order valence-corrected chi connectivity index (χ0v) is 18.4. The fraction of sp³-hybridized carbons (Fsp3) is 0.435. The first kappa shape index (κ1) is 21.7. The van der Waals surface area contributed by atoms with E-state index < -0.39 is 0 Å². The van der Waals surface area contributed by atoms with Gasteiger partial charge in [0.1, 0.15) is 25.6 Å². The number of fused-ring (bicyclic) bond motifs is 1. The third-order valence-electron chi connectivity index (χ3n) is 5.63. The first-order valence-corrected chi connectivity index (χ1v) is 11.0. The number of carbonyl (C=O) groups is 1.